The predicted molar refractivity (Wildman–Crippen MR) is 233 cm³/mol. The highest BCUT2D eigenvalue weighted by atomic mass is 16.2. The Morgan fingerprint density at radius 3 is 1.02 bits per heavy atom. The number of carbonyl (C=O) groups excluding carboxylic acids is 2. The second-order valence-electron chi connectivity index (χ2n) is 15.3. The Morgan fingerprint density at radius 2 is 0.717 bits per heavy atom. The van der Waals surface area contributed by atoms with E-state index >= 15 is 0 Å². The lowest BCUT2D eigenvalue weighted by atomic mass is 9.78. The van der Waals surface area contributed by atoms with Gasteiger partial charge in [-0.25, -0.2) is 0 Å². The van der Waals surface area contributed by atoms with E-state index in [1.165, 1.54) is 116 Å². The normalized spacial score (nSPS) is 12.4. The highest BCUT2D eigenvalue weighted by Crippen LogP contribution is 2.29. The van der Waals surface area contributed by atoms with Gasteiger partial charge in [0.2, 0.25) is 0 Å². The molecule has 4 N–H and O–H groups in total. The molecule has 0 fully saturated rings. The first kappa shape index (κ1) is 51.7. The molecule has 0 amide bonds. The first-order valence-corrected chi connectivity index (χ1v) is 23.2. The topological polar surface area (TPSA) is 82.3 Å². The molecule has 0 aliphatic heterocycles. The van der Waals surface area contributed by atoms with Crippen LogP contribution in [0.3, 0.4) is 0 Å². The molecule has 0 atom stereocenters. The number of allylic oxidation sites excluding steroid dienone is 4. The second kappa shape index (κ2) is 38.9. The smallest absolute Gasteiger partial charge is 0.146 e. The molecular formula is C47H91N4O2. The molecule has 0 spiro atoms. The van der Waals surface area contributed by atoms with Crippen molar-refractivity contribution in [3.63, 3.8) is 0 Å². The van der Waals surface area contributed by atoms with Gasteiger partial charge in [-0.3, -0.25) is 30.9 Å². The van der Waals surface area contributed by atoms with Gasteiger partial charge in [0, 0.05) is 12.8 Å². The summed E-state index contributed by atoms with van der Waals surface area (Å²) >= 11 is 0. The van der Waals surface area contributed by atoms with Crippen LogP contribution in [0.25, 0.3) is 0 Å². The van der Waals surface area contributed by atoms with Crippen molar-refractivity contribution in [3.05, 3.63) is 30.5 Å². The van der Waals surface area contributed by atoms with Gasteiger partial charge in [0.1, 0.15) is 29.3 Å². The maximum Gasteiger partial charge on any atom is 0.146 e. The van der Waals surface area contributed by atoms with Crippen LogP contribution in [0, 0.1) is 12.1 Å². The van der Waals surface area contributed by atoms with Crippen molar-refractivity contribution >= 4 is 11.6 Å². The average molecular weight is 744 g/mol. The average Bonchev–Trinajstić information content (AvgIpc) is 3.15. The van der Waals surface area contributed by atoms with Gasteiger partial charge >= 0.3 is 0 Å². The maximum atomic E-state index is 14.2. The SMILES string of the molecule is CCCCCCCC/C=C\CCCCCCCC(=O)C(C(=O)CCCCCCC/C=C\CCCCCCCC)C(NCC)(NCC)[C](NCC)NCC. The van der Waals surface area contributed by atoms with Gasteiger partial charge in [0.05, 0.1) is 0 Å². The third kappa shape index (κ3) is 27.0. The van der Waals surface area contributed by atoms with Gasteiger partial charge in [-0.05, 0) is 90.4 Å². The van der Waals surface area contributed by atoms with Crippen LogP contribution in [0.4, 0.5) is 0 Å². The zero-order chi connectivity index (χ0) is 39.1. The summed E-state index contributed by atoms with van der Waals surface area (Å²) in [6.07, 6.45) is 43.1. The number of unbranched alkanes of at least 4 members (excludes halogenated alkanes) is 22. The Morgan fingerprint density at radius 1 is 0.415 bits per heavy atom. The van der Waals surface area contributed by atoms with E-state index in [0.29, 0.717) is 39.0 Å². The van der Waals surface area contributed by atoms with E-state index in [1.807, 2.05) is 0 Å². The van der Waals surface area contributed by atoms with Gasteiger partial charge in [-0.1, -0.05) is 169 Å². The van der Waals surface area contributed by atoms with Crippen molar-refractivity contribution in [2.45, 2.75) is 227 Å². The minimum Gasteiger partial charge on any atom is -0.299 e. The first-order valence-electron chi connectivity index (χ1n) is 23.2. The zero-order valence-electron chi connectivity index (χ0n) is 36.3. The second-order valence-corrected chi connectivity index (χ2v) is 15.3. The Hall–Kier alpha value is -1.34. The van der Waals surface area contributed by atoms with Crippen LogP contribution in [0.2, 0.25) is 0 Å². The fourth-order valence-electron chi connectivity index (χ4n) is 7.53. The van der Waals surface area contributed by atoms with E-state index in [0.717, 1.165) is 57.5 Å². The third-order valence-electron chi connectivity index (χ3n) is 10.5. The highest BCUT2D eigenvalue weighted by molar-refractivity contribution is 6.04. The molecule has 0 aromatic carbocycles. The predicted octanol–water partition coefficient (Wildman–Crippen LogP) is 12.4. The minimum atomic E-state index is -0.965. The first-order chi connectivity index (χ1) is 26.0. The zero-order valence-corrected chi connectivity index (χ0v) is 36.3. The van der Waals surface area contributed by atoms with E-state index in [1.54, 1.807) is 0 Å². The molecule has 0 unspecified atom stereocenters. The van der Waals surface area contributed by atoms with Gasteiger partial charge in [0.25, 0.3) is 0 Å². The highest BCUT2D eigenvalue weighted by Gasteiger charge is 2.51. The molecule has 53 heavy (non-hydrogen) atoms. The number of hydrogen-bond donors (Lipinski definition) is 4. The fourth-order valence-corrected chi connectivity index (χ4v) is 7.53. The van der Waals surface area contributed by atoms with Crippen LogP contribution in [0.15, 0.2) is 24.3 Å². The molecule has 0 heterocycles. The lowest BCUT2D eigenvalue weighted by molar-refractivity contribution is -0.137. The molecule has 0 saturated carbocycles. The lowest BCUT2D eigenvalue weighted by Gasteiger charge is -2.46. The van der Waals surface area contributed by atoms with Crippen LogP contribution >= 0.6 is 0 Å². The molecule has 0 aliphatic carbocycles. The Bertz CT molecular complexity index is 809. The number of nitrogens with one attached hydrogen (secondary N) is 4. The molecule has 311 valence electrons. The van der Waals surface area contributed by atoms with Crippen LogP contribution < -0.4 is 21.3 Å². The monoisotopic (exact) mass is 744 g/mol. The molecule has 1 radical (unpaired) electrons. The molecule has 0 aromatic heterocycles. The number of Topliss-reactive ketones (excluding diaryl/α,β-unsaturated/α-hetero) is 2. The van der Waals surface area contributed by atoms with Crippen LogP contribution in [-0.2, 0) is 9.59 Å². The molecule has 0 aromatic rings. The minimum absolute atomic E-state index is 0.0654. The summed E-state index contributed by atoms with van der Waals surface area (Å²) in [5.41, 5.74) is -0.965. The number of hydrogen-bond acceptors (Lipinski definition) is 6. The van der Waals surface area contributed by atoms with Crippen LogP contribution in [0.5, 0.6) is 0 Å². The number of rotatable bonds is 42. The van der Waals surface area contributed by atoms with E-state index in [9.17, 15) is 9.59 Å². The van der Waals surface area contributed by atoms with Crippen LogP contribution in [-0.4, -0.2) is 43.4 Å². The summed E-state index contributed by atoms with van der Waals surface area (Å²) in [5, 5.41) is 14.2. The van der Waals surface area contributed by atoms with E-state index in [-0.39, 0.29) is 11.6 Å². The molecule has 0 aliphatic rings. The molecule has 6 nitrogen and oxygen atoms in total. The van der Waals surface area contributed by atoms with Gasteiger partial charge in [0.15, 0.2) is 0 Å². The quantitative estimate of drug-likeness (QED) is 0.0216. The number of carbonyl (C=O) groups is 2. The van der Waals surface area contributed by atoms with E-state index < -0.39 is 11.6 Å². The number of ketones is 2. The van der Waals surface area contributed by atoms with Gasteiger partial charge in [-0.15, -0.1) is 0 Å². The molecule has 6 heteroatoms. The van der Waals surface area contributed by atoms with Gasteiger partial charge < -0.3 is 0 Å². The largest absolute Gasteiger partial charge is 0.299 e. The van der Waals surface area contributed by atoms with Crippen molar-refractivity contribution in [1.82, 2.24) is 21.3 Å². The van der Waals surface area contributed by atoms with Crippen molar-refractivity contribution in [1.29, 1.82) is 0 Å². The summed E-state index contributed by atoms with van der Waals surface area (Å²) in [6.45, 7) is 15.5. The van der Waals surface area contributed by atoms with Crippen molar-refractivity contribution in [2.24, 2.45) is 5.92 Å². The van der Waals surface area contributed by atoms with E-state index in [4.69, 9.17) is 0 Å². The lowest BCUT2D eigenvalue weighted by Crippen LogP contribution is -2.73. The summed E-state index contributed by atoms with van der Waals surface area (Å²) in [6, 6.07) is 0. The Labute approximate surface area is 331 Å². The summed E-state index contributed by atoms with van der Waals surface area (Å²) in [4.78, 5) is 28.4. The Balaban J connectivity index is 5.01. The van der Waals surface area contributed by atoms with Gasteiger partial charge in [-0.2, -0.15) is 0 Å². The molecule has 0 rings (SSSR count). The maximum absolute atomic E-state index is 14.2. The summed E-state index contributed by atoms with van der Waals surface area (Å²) in [5.74, 6) is -0.643. The van der Waals surface area contributed by atoms with Crippen LogP contribution in [0.1, 0.15) is 221 Å². The fraction of sp³-hybridized carbons (Fsp3) is 0.851. The van der Waals surface area contributed by atoms with E-state index in [2.05, 4.69) is 87.1 Å². The van der Waals surface area contributed by atoms with Crippen molar-refractivity contribution in [2.75, 3.05) is 26.2 Å². The summed E-state index contributed by atoms with van der Waals surface area (Å²) < 4.78 is 0. The number of likely N-dealkylation sites (N-methyl/N-ethyl adjacent to an activating group) is 4. The van der Waals surface area contributed by atoms with Crippen molar-refractivity contribution in [3.8, 4) is 0 Å². The Kier molecular flexibility index (Phi) is 37.9. The standard InChI is InChI=1S/C47H91N4O2/c1-7-13-15-17-19-21-23-25-27-29-31-33-35-37-39-41-43(52)45(47(50-11-5,51-12-6)46(48-9-3)49-10-4)44(53)42-40-38-36-34-32-30-28-26-24-22-20-18-16-14-8-2/h25-28,45,48-51H,7-24,29-42H2,1-6H3/b27-25-,28-26-. The molecule has 0 saturated heterocycles. The molecule has 0 bridgehead atoms. The van der Waals surface area contributed by atoms with Crippen molar-refractivity contribution < 1.29 is 9.59 Å². The third-order valence-corrected chi connectivity index (χ3v) is 10.5. The summed E-state index contributed by atoms with van der Waals surface area (Å²) in [7, 11) is 0. The molecular weight excluding hydrogens is 653 g/mol.